The molecule has 0 N–H and O–H groups in total. The highest BCUT2D eigenvalue weighted by molar-refractivity contribution is 5.95. The van der Waals surface area contributed by atoms with E-state index in [9.17, 15) is 14.9 Å². The average molecular weight is 351 g/mol. The third kappa shape index (κ3) is 2.77. The van der Waals surface area contributed by atoms with Crippen molar-refractivity contribution in [3.05, 3.63) is 75.1 Å². The zero-order chi connectivity index (χ0) is 18.1. The molecule has 0 bridgehead atoms. The highest BCUT2D eigenvalue weighted by Crippen LogP contribution is 2.34. The van der Waals surface area contributed by atoms with E-state index in [2.05, 4.69) is 4.90 Å². The molecule has 2 heterocycles. The summed E-state index contributed by atoms with van der Waals surface area (Å²) in [7, 11) is 0. The van der Waals surface area contributed by atoms with Crippen molar-refractivity contribution in [1.29, 1.82) is 0 Å². The Labute approximate surface area is 149 Å². The molecule has 0 atom stereocenters. The van der Waals surface area contributed by atoms with Crippen LogP contribution in [-0.4, -0.2) is 31.1 Å². The molecule has 0 spiro atoms. The Kier molecular flexibility index (Phi) is 4.04. The van der Waals surface area contributed by atoms with Crippen molar-refractivity contribution < 1.29 is 9.34 Å². The minimum atomic E-state index is -0.908. The highest BCUT2D eigenvalue weighted by atomic mass is 16.6. The van der Waals surface area contributed by atoms with Gasteiger partial charge < -0.3 is 14.2 Å². The zero-order valence-corrected chi connectivity index (χ0v) is 14.0. The van der Waals surface area contributed by atoms with Crippen LogP contribution in [0, 0.1) is 10.1 Å². The lowest BCUT2D eigenvalue weighted by molar-refractivity contribution is -0.386. The van der Waals surface area contributed by atoms with Crippen LogP contribution >= 0.6 is 0 Å². The topological polar surface area (TPSA) is 79.8 Å². The third-order valence-corrected chi connectivity index (χ3v) is 4.66. The number of rotatable bonds is 3. The molecule has 132 valence electrons. The van der Waals surface area contributed by atoms with Crippen LogP contribution in [0.3, 0.4) is 0 Å². The van der Waals surface area contributed by atoms with Gasteiger partial charge in [0.2, 0.25) is 0 Å². The lowest BCUT2D eigenvalue weighted by Crippen LogP contribution is -2.47. The first-order chi connectivity index (χ1) is 12.6. The van der Waals surface area contributed by atoms with E-state index >= 15 is 0 Å². The van der Waals surface area contributed by atoms with Crippen LogP contribution in [0.15, 0.2) is 63.8 Å². The number of nitrogens with zero attached hydrogens (tertiary/aromatic N) is 3. The second kappa shape index (κ2) is 6.51. The monoisotopic (exact) mass is 351 g/mol. The Morgan fingerprint density at radius 3 is 2.19 bits per heavy atom. The van der Waals surface area contributed by atoms with Crippen molar-refractivity contribution >= 4 is 28.0 Å². The molecule has 26 heavy (non-hydrogen) atoms. The van der Waals surface area contributed by atoms with Crippen LogP contribution in [0.5, 0.6) is 0 Å². The van der Waals surface area contributed by atoms with Gasteiger partial charge in [-0.25, -0.2) is 4.79 Å². The van der Waals surface area contributed by atoms with Gasteiger partial charge in [-0.1, -0.05) is 30.3 Å². The van der Waals surface area contributed by atoms with Crippen molar-refractivity contribution in [2.45, 2.75) is 0 Å². The van der Waals surface area contributed by atoms with Gasteiger partial charge in [-0.15, -0.1) is 0 Å². The maximum absolute atomic E-state index is 12.2. The van der Waals surface area contributed by atoms with E-state index in [0.29, 0.717) is 29.7 Å². The fourth-order valence-electron chi connectivity index (χ4n) is 3.43. The minimum Gasteiger partial charge on any atom is -0.418 e. The SMILES string of the molecule is O=c1oc2ccccc2c(N2CCN(c3ccccc3)CC2)c1[N+](=O)[O-]. The predicted molar refractivity (Wildman–Crippen MR) is 100 cm³/mol. The van der Waals surface area contributed by atoms with Gasteiger partial charge in [0.05, 0.1) is 4.92 Å². The van der Waals surface area contributed by atoms with Crippen molar-refractivity contribution in [2.75, 3.05) is 36.0 Å². The van der Waals surface area contributed by atoms with Gasteiger partial charge in [0.15, 0.2) is 0 Å². The summed E-state index contributed by atoms with van der Waals surface area (Å²) in [5.41, 5.74) is 0.447. The molecule has 1 aliphatic rings. The second-order valence-electron chi connectivity index (χ2n) is 6.15. The van der Waals surface area contributed by atoms with E-state index in [-0.39, 0.29) is 0 Å². The van der Waals surface area contributed by atoms with Gasteiger partial charge in [0.1, 0.15) is 11.3 Å². The van der Waals surface area contributed by atoms with Crippen molar-refractivity contribution in [1.82, 2.24) is 0 Å². The quantitative estimate of drug-likeness (QED) is 0.410. The van der Waals surface area contributed by atoms with Crippen LogP contribution in [0.2, 0.25) is 0 Å². The number of nitro groups is 1. The maximum atomic E-state index is 12.2. The van der Waals surface area contributed by atoms with E-state index in [1.54, 1.807) is 24.3 Å². The van der Waals surface area contributed by atoms with Gasteiger partial charge in [-0.05, 0) is 24.3 Å². The fraction of sp³-hybridized carbons (Fsp3) is 0.211. The number of benzene rings is 2. The van der Waals surface area contributed by atoms with E-state index in [1.165, 1.54) is 0 Å². The van der Waals surface area contributed by atoms with Crippen molar-refractivity contribution in [2.24, 2.45) is 0 Å². The van der Waals surface area contributed by atoms with Crippen molar-refractivity contribution in [3.63, 3.8) is 0 Å². The second-order valence-corrected chi connectivity index (χ2v) is 6.15. The summed E-state index contributed by atoms with van der Waals surface area (Å²) in [6.07, 6.45) is 0. The molecule has 1 aromatic heterocycles. The van der Waals surface area contributed by atoms with Gasteiger partial charge in [-0.2, -0.15) is 0 Å². The Morgan fingerprint density at radius 1 is 0.885 bits per heavy atom. The largest absolute Gasteiger partial charge is 0.418 e. The molecule has 1 fully saturated rings. The first-order valence-electron chi connectivity index (χ1n) is 8.40. The summed E-state index contributed by atoms with van der Waals surface area (Å²) in [6, 6.07) is 17.0. The lowest BCUT2D eigenvalue weighted by atomic mass is 10.1. The summed E-state index contributed by atoms with van der Waals surface area (Å²) in [6.45, 7) is 2.61. The predicted octanol–water partition coefficient (Wildman–Crippen LogP) is 3.03. The van der Waals surface area contributed by atoms with E-state index < -0.39 is 16.2 Å². The van der Waals surface area contributed by atoms with Gasteiger partial charge in [-0.3, -0.25) is 10.1 Å². The summed E-state index contributed by atoms with van der Waals surface area (Å²) >= 11 is 0. The molecular formula is C19H17N3O4. The number of fused-ring (bicyclic) bond motifs is 1. The van der Waals surface area contributed by atoms with Gasteiger partial charge in [0.25, 0.3) is 0 Å². The first-order valence-corrected chi connectivity index (χ1v) is 8.40. The van der Waals surface area contributed by atoms with E-state index in [0.717, 1.165) is 18.8 Å². The molecule has 7 nitrogen and oxygen atoms in total. The number of anilines is 2. The average Bonchev–Trinajstić information content (AvgIpc) is 2.67. The normalized spacial score (nSPS) is 14.6. The molecule has 3 aromatic rings. The molecule has 0 saturated carbocycles. The molecule has 1 aliphatic heterocycles. The number of para-hydroxylation sites is 2. The molecule has 0 radical (unpaired) electrons. The molecule has 0 unspecified atom stereocenters. The van der Waals surface area contributed by atoms with E-state index in [1.807, 2.05) is 35.2 Å². The summed E-state index contributed by atoms with van der Waals surface area (Å²) in [5, 5.41) is 12.1. The fourth-order valence-corrected chi connectivity index (χ4v) is 3.43. The Bertz CT molecular complexity index is 1010. The number of hydrogen-bond donors (Lipinski definition) is 0. The van der Waals surface area contributed by atoms with Crippen LogP contribution in [-0.2, 0) is 0 Å². The third-order valence-electron chi connectivity index (χ3n) is 4.66. The van der Waals surface area contributed by atoms with Gasteiger partial charge in [0, 0.05) is 37.3 Å². The number of piperazine rings is 1. The Morgan fingerprint density at radius 2 is 1.50 bits per heavy atom. The lowest BCUT2D eigenvalue weighted by Gasteiger charge is -2.37. The maximum Gasteiger partial charge on any atom is 0.417 e. The van der Waals surface area contributed by atoms with Crippen LogP contribution < -0.4 is 15.4 Å². The smallest absolute Gasteiger partial charge is 0.417 e. The highest BCUT2D eigenvalue weighted by Gasteiger charge is 2.30. The number of hydrogen-bond acceptors (Lipinski definition) is 6. The molecule has 4 rings (SSSR count). The standard InChI is InChI=1S/C19H17N3O4/c23-19-18(22(24)25)17(15-8-4-5-9-16(15)26-19)21-12-10-20(11-13-21)14-6-2-1-3-7-14/h1-9H,10-13H2. The molecule has 2 aromatic carbocycles. The molecule has 1 saturated heterocycles. The summed E-state index contributed by atoms with van der Waals surface area (Å²) in [4.78, 5) is 27.2. The zero-order valence-electron chi connectivity index (χ0n) is 14.0. The summed E-state index contributed by atoms with van der Waals surface area (Å²) in [5.74, 6) is 0. The molecule has 0 amide bonds. The first kappa shape index (κ1) is 16.1. The molecular weight excluding hydrogens is 334 g/mol. The van der Waals surface area contributed by atoms with Gasteiger partial charge >= 0.3 is 11.3 Å². The Balaban J connectivity index is 1.72. The summed E-state index contributed by atoms with van der Waals surface area (Å²) < 4.78 is 5.14. The van der Waals surface area contributed by atoms with Crippen LogP contribution in [0.25, 0.3) is 11.0 Å². The van der Waals surface area contributed by atoms with Crippen molar-refractivity contribution in [3.8, 4) is 0 Å². The molecule has 0 aliphatic carbocycles. The van der Waals surface area contributed by atoms with E-state index in [4.69, 9.17) is 4.42 Å². The Hall–Kier alpha value is -3.35. The minimum absolute atomic E-state index is 0.356. The van der Waals surface area contributed by atoms with Crippen LogP contribution in [0.4, 0.5) is 17.1 Å². The molecule has 7 heteroatoms. The van der Waals surface area contributed by atoms with Crippen LogP contribution in [0.1, 0.15) is 0 Å².